The highest BCUT2D eigenvalue weighted by Gasteiger charge is 2.03. The summed E-state index contributed by atoms with van der Waals surface area (Å²) in [6, 6.07) is 5.82. The molecule has 0 amide bonds. The molecule has 0 saturated heterocycles. The number of hydrogen-bond acceptors (Lipinski definition) is 2. The standard InChI is InChI=1S/C11H12BrNO2/c1-7-3-9(12)5-10(4-7)13-6-8(2)11(14)15/h3-5,13H,2,6H2,1H3,(H,14,15). The molecule has 0 saturated carbocycles. The van der Waals surface area contributed by atoms with Gasteiger partial charge in [-0.1, -0.05) is 22.5 Å². The molecule has 0 aliphatic heterocycles. The van der Waals surface area contributed by atoms with Crippen LogP contribution >= 0.6 is 15.9 Å². The minimum absolute atomic E-state index is 0.146. The summed E-state index contributed by atoms with van der Waals surface area (Å²) in [6.45, 7) is 5.66. The van der Waals surface area contributed by atoms with Crippen LogP contribution in [0.4, 0.5) is 5.69 Å². The summed E-state index contributed by atoms with van der Waals surface area (Å²) in [6.07, 6.45) is 0. The lowest BCUT2D eigenvalue weighted by Gasteiger charge is -2.07. The van der Waals surface area contributed by atoms with E-state index in [9.17, 15) is 4.79 Å². The summed E-state index contributed by atoms with van der Waals surface area (Å²) in [5, 5.41) is 11.6. The van der Waals surface area contributed by atoms with Crippen molar-refractivity contribution in [3.63, 3.8) is 0 Å². The third-order valence-corrected chi connectivity index (χ3v) is 2.31. The Morgan fingerprint density at radius 1 is 1.53 bits per heavy atom. The Bertz CT molecular complexity index is 381. The number of rotatable bonds is 4. The Morgan fingerprint density at radius 3 is 2.73 bits per heavy atom. The molecule has 15 heavy (non-hydrogen) atoms. The van der Waals surface area contributed by atoms with Gasteiger partial charge in [-0.3, -0.25) is 0 Å². The van der Waals surface area contributed by atoms with E-state index < -0.39 is 5.97 Å². The molecular formula is C11H12BrNO2. The van der Waals surface area contributed by atoms with Gasteiger partial charge in [-0.2, -0.15) is 0 Å². The lowest BCUT2D eigenvalue weighted by molar-refractivity contribution is -0.132. The molecule has 0 radical (unpaired) electrons. The molecule has 1 aromatic carbocycles. The summed E-state index contributed by atoms with van der Waals surface area (Å²) in [5.41, 5.74) is 2.13. The molecule has 0 heterocycles. The van der Waals surface area contributed by atoms with E-state index in [0.717, 1.165) is 15.7 Å². The maximum absolute atomic E-state index is 10.5. The van der Waals surface area contributed by atoms with Gasteiger partial charge in [0.2, 0.25) is 0 Å². The van der Waals surface area contributed by atoms with Crippen LogP contribution in [0, 0.1) is 6.92 Å². The van der Waals surface area contributed by atoms with E-state index in [1.165, 1.54) is 0 Å². The molecule has 4 heteroatoms. The van der Waals surface area contributed by atoms with Gasteiger partial charge in [-0.25, -0.2) is 4.79 Å². The van der Waals surface area contributed by atoms with Crippen molar-refractivity contribution in [3.05, 3.63) is 40.4 Å². The lowest BCUT2D eigenvalue weighted by Crippen LogP contribution is -2.11. The second kappa shape index (κ2) is 4.98. The minimum Gasteiger partial charge on any atom is -0.478 e. The predicted molar refractivity (Wildman–Crippen MR) is 64.1 cm³/mol. The van der Waals surface area contributed by atoms with E-state index in [4.69, 9.17) is 5.11 Å². The maximum Gasteiger partial charge on any atom is 0.332 e. The Labute approximate surface area is 96.9 Å². The number of benzene rings is 1. The van der Waals surface area contributed by atoms with E-state index in [-0.39, 0.29) is 12.1 Å². The average Bonchev–Trinajstić information content (AvgIpc) is 2.12. The van der Waals surface area contributed by atoms with Crippen molar-refractivity contribution in [2.45, 2.75) is 6.92 Å². The number of aryl methyl sites for hydroxylation is 1. The molecule has 0 fully saturated rings. The van der Waals surface area contributed by atoms with Crippen molar-refractivity contribution in [1.29, 1.82) is 0 Å². The van der Waals surface area contributed by atoms with Gasteiger partial charge in [-0.15, -0.1) is 0 Å². The summed E-state index contributed by atoms with van der Waals surface area (Å²) < 4.78 is 0.964. The fraction of sp³-hybridized carbons (Fsp3) is 0.182. The zero-order chi connectivity index (χ0) is 11.4. The summed E-state index contributed by atoms with van der Waals surface area (Å²) in [7, 11) is 0. The van der Waals surface area contributed by atoms with Crippen molar-refractivity contribution in [2.24, 2.45) is 0 Å². The quantitative estimate of drug-likeness (QED) is 0.827. The van der Waals surface area contributed by atoms with Gasteiger partial charge in [0, 0.05) is 22.3 Å². The van der Waals surface area contributed by atoms with Gasteiger partial charge in [0.05, 0.1) is 0 Å². The third-order valence-electron chi connectivity index (χ3n) is 1.85. The summed E-state index contributed by atoms with van der Waals surface area (Å²) in [5.74, 6) is -0.978. The number of aliphatic carboxylic acids is 1. The Balaban J connectivity index is 2.65. The van der Waals surface area contributed by atoms with Gasteiger partial charge in [0.25, 0.3) is 0 Å². The van der Waals surface area contributed by atoms with Crippen LogP contribution in [0.5, 0.6) is 0 Å². The number of anilines is 1. The number of carbonyl (C=O) groups is 1. The van der Waals surface area contributed by atoms with Crippen LogP contribution in [0.2, 0.25) is 0 Å². The first-order valence-electron chi connectivity index (χ1n) is 4.41. The van der Waals surface area contributed by atoms with E-state index in [2.05, 4.69) is 27.8 Å². The molecule has 0 bridgehead atoms. The van der Waals surface area contributed by atoms with Crippen molar-refractivity contribution < 1.29 is 9.90 Å². The first-order chi connectivity index (χ1) is 6.99. The zero-order valence-electron chi connectivity index (χ0n) is 8.38. The Morgan fingerprint density at radius 2 is 2.20 bits per heavy atom. The molecule has 1 rings (SSSR count). The fourth-order valence-corrected chi connectivity index (χ4v) is 1.73. The topological polar surface area (TPSA) is 49.3 Å². The van der Waals surface area contributed by atoms with E-state index in [1.54, 1.807) is 0 Å². The highest BCUT2D eigenvalue weighted by molar-refractivity contribution is 9.10. The number of carboxylic acid groups (broad SMARTS) is 1. The molecule has 0 atom stereocenters. The van der Waals surface area contributed by atoms with Crippen LogP contribution in [0.15, 0.2) is 34.8 Å². The van der Waals surface area contributed by atoms with Crippen LogP contribution in [0.3, 0.4) is 0 Å². The van der Waals surface area contributed by atoms with Crippen LogP contribution in [0.25, 0.3) is 0 Å². The van der Waals surface area contributed by atoms with Crippen molar-refractivity contribution in [1.82, 2.24) is 0 Å². The Kier molecular flexibility index (Phi) is 3.91. The molecule has 0 aliphatic carbocycles. The van der Waals surface area contributed by atoms with Crippen LogP contribution in [-0.2, 0) is 4.79 Å². The van der Waals surface area contributed by atoms with E-state index in [1.807, 2.05) is 25.1 Å². The normalized spacial score (nSPS) is 9.73. The fourth-order valence-electron chi connectivity index (χ4n) is 1.12. The molecule has 2 N–H and O–H groups in total. The second-order valence-corrected chi connectivity index (χ2v) is 4.20. The van der Waals surface area contributed by atoms with Crippen molar-refractivity contribution in [3.8, 4) is 0 Å². The molecule has 0 spiro atoms. The third kappa shape index (κ3) is 3.75. The van der Waals surface area contributed by atoms with Crippen LogP contribution in [-0.4, -0.2) is 17.6 Å². The van der Waals surface area contributed by atoms with E-state index in [0.29, 0.717) is 0 Å². The molecule has 1 aromatic rings. The molecule has 0 unspecified atom stereocenters. The van der Waals surface area contributed by atoms with Crippen LogP contribution in [0.1, 0.15) is 5.56 Å². The monoisotopic (exact) mass is 269 g/mol. The molecule has 0 aliphatic rings. The van der Waals surface area contributed by atoms with Gasteiger partial charge in [0.1, 0.15) is 0 Å². The van der Waals surface area contributed by atoms with Gasteiger partial charge < -0.3 is 10.4 Å². The predicted octanol–water partition coefficient (Wildman–Crippen LogP) is 2.81. The van der Waals surface area contributed by atoms with Gasteiger partial charge in [0.15, 0.2) is 0 Å². The van der Waals surface area contributed by atoms with Gasteiger partial charge in [-0.05, 0) is 30.7 Å². The Hall–Kier alpha value is -1.29. The average molecular weight is 270 g/mol. The molecule has 80 valence electrons. The number of hydrogen-bond donors (Lipinski definition) is 2. The molecule has 0 aromatic heterocycles. The first kappa shape index (κ1) is 11.8. The second-order valence-electron chi connectivity index (χ2n) is 3.28. The van der Waals surface area contributed by atoms with Gasteiger partial charge >= 0.3 is 5.97 Å². The number of nitrogens with one attached hydrogen (secondary N) is 1. The number of carboxylic acids is 1. The van der Waals surface area contributed by atoms with Crippen molar-refractivity contribution >= 4 is 27.6 Å². The van der Waals surface area contributed by atoms with E-state index >= 15 is 0 Å². The first-order valence-corrected chi connectivity index (χ1v) is 5.20. The highest BCUT2D eigenvalue weighted by Crippen LogP contribution is 2.19. The largest absolute Gasteiger partial charge is 0.478 e. The highest BCUT2D eigenvalue weighted by atomic mass is 79.9. The smallest absolute Gasteiger partial charge is 0.332 e. The van der Waals surface area contributed by atoms with Crippen LogP contribution < -0.4 is 5.32 Å². The summed E-state index contributed by atoms with van der Waals surface area (Å²) in [4.78, 5) is 10.5. The molecule has 3 nitrogen and oxygen atoms in total. The zero-order valence-corrected chi connectivity index (χ0v) is 9.97. The minimum atomic E-state index is -0.978. The van der Waals surface area contributed by atoms with Crippen molar-refractivity contribution in [2.75, 3.05) is 11.9 Å². The summed E-state index contributed by atoms with van der Waals surface area (Å²) >= 11 is 3.37. The lowest BCUT2D eigenvalue weighted by atomic mass is 10.2. The SMILES string of the molecule is C=C(CNc1cc(C)cc(Br)c1)C(=O)O. The maximum atomic E-state index is 10.5. The number of halogens is 1. The molecular weight excluding hydrogens is 258 g/mol.